The van der Waals surface area contributed by atoms with Gasteiger partial charge in [-0.1, -0.05) is 13.8 Å². The molecule has 0 spiro atoms. The molecule has 0 unspecified atom stereocenters. The second-order valence-corrected chi connectivity index (χ2v) is 6.90. The van der Waals surface area contributed by atoms with Crippen LogP contribution in [-0.2, 0) is 14.3 Å². The molecule has 1 N–H and O–H groups in total. The van der Waals surface area contributed by atoms with Crippen LogP contribution in [-0.4, -0.2) is 29.8 Å². The summed E-state index contributed by atoms with van der Waals surface area (Å²) >= 11 is 1.40. The van der Waals surface area contributed by atoms with E-state index in [1.807, 2.05) is 13.8 Å². The second kappa shape index (κ2) is 9.28. The second-order valence-electron chi connectivity index (χ2n) is 5.73. The van der Waals surface area contributed by atoms with E-state index >= 15 is 0 Å². The molecule has 0 radical (unpaired) electrons. The van der Waals surface area contributed by atoms with Crippen LogP contribution in [0.1, 0.15) is 27.2 Å². The highest BCUT2D eigenvalue weighted by Gasteiger charge is 2.30. The van der Waals surface area contributed by atoms with Gasteiger partial charge >= 0.3 is 5.97 Å². The fraction of sp³-hybridized carbons (Fsp3) is 0.471. The zero-order chi connectivity index (χ0) is 18.2. The normalized spacial score (nSPS) is 13.0. The SMILES string of the molecule is CC(C)[C@@](C)(C#N)NC(=O)COC(=O)CCSc1ccc(F)cc1. The van der Waals surface area contributed by atoms with E-state index in [0.717, 1.165) is 4.90 Å². The molecule has 0 aliphatic carbocycles. The van der Waals surface area contributed by atoms with Gasteiger partial charge < -0.3 is 10.1 Å². The predicted molar refractivity (Wildman–Crippen MR) is 89.7 cm³/mol. The van der Waals surface area contributed by atoms with Gasteiger partial charge in [0.15, 0.2) is 6.61 Å². The lowest BCUT2D eigenvalue weighted by atomic mass is 9.90. The molecule has 0 fully saturated rings. The summed E-state index contributed by atoms with van der Waals surface area (Å²) in [6.07, 6.45) is 0.134. The molecule has 1 aromatic rings. The maximum Gasteiger partial charge on any atom is 0.307 e. The number of ether oxygens (including phenoxy) is 1. The highest BCUT2D eigenvalue weighted by Crippen LogP contribution is 2.19. The van der Waals surface area contributed by atoms with Gasteiger partial charge in [-0.15, -0.1) is 11.8 Å². The van der Waals surface area contributed by atoms with Gasteiger partial charge in [-0.05, 0) is 37.1 Å². The Hall–Kier alpha value is -2.07. The van der Waals surface area contributed by atoms with Crippen molar-refractivity contribution in [2.24, 2.45) is 5.92 Å². The van der Waals surface area contributed by atoms with Crippen LogP contribution in [0.15, 0.2) is 29.2 Å². The van der Waals surface area contributed by atoms with Gasteiger partial charge in [-0.3, -0.25) is 9.59 Å². The van der Waals surface area contributed by atoms with Gasteiger partial charge in [0.2, 0.25) is 0 Å². The maximum absolute atomic E-state index is 12.8. The highest BCUT2D eigenvalue weighted by molar-refractivity contribution is 7.99. The van der Waals surface area contributed by atoms with E-state index in [9.17, 15) is 14.0 Å². The number of amides is 1. The number of hydrogen-bond donors (Lipinski definition) is 1. The average Bonchev–Trinajstić information content (AvgIpc) is 2.54. The summed E-state index contributed by atoms with van der Waals surface area (Å²) < 4.78 is 17.7. The summed E-state index contributed by atoms with van der Waals surface area (Å²) in [5, 5.41) is 11.7. The van der Waals surface area contributed by atoms with E-state index in [4.69, 9.17) is 10.00 Å². The largest absolute Gasteiger partial charge is 0.456 e. The Morgan fingerprint density at radius 2 is 2.00 bits per heavy atom. The van der Waals surface area contributed by atoms with Crippen LogP contribution in [0.2, 0.25) is 0 Å². The van der Waals surface area contributed by atoms with Gasteiger partial charge in [0.1, 0.15) is 11.4 Å². The van der Waals surface area contributed by atoms with Gasteiger partial charge in [-0.2, -0.15) is 5.26 Å². The minimum absolute atomic E-state index is 0.0748. The molecule has 1 amide bonds. The molecule has 130 valence electrons. The number of nitrogens with one attached hydrogen (secondary N) is 1. The quantitative estimate of drug-likeness (QED) is 0.575. The van der Waals surface area contributed by atoms with E-state index in [1.54, 1.807) is 19.1 Å². The lowest BCUT2D eigenvalue weighted by molar-refractivity contribution is -0.148. The Balaban J connectivity index is 2.29. The third-order valence-corrected chi connectivity index (χ3v) is 4.55. The van der Waals surface area contributed by atoms with E-state index in [-0.39, 0.29) is 18.2 Å². The van der Waals surface area contributed by atoms with Crippen LogP contribution in [0.3, 0.4) is 0 Å². The minimum atomic E-state index is -0.998. The zero-order valence-electron chi connectivity index (χ0n) is 14.0. The number of carbonyl (C=O) groups is 2. The standard InChI is InChI=1S/C17H21FN2O3S/c1-12(2)17(3,11-19)20-15(21)10-23-16(22)8-9-24-14-6-4-13(18)5-7-14/h4-7,12H,8-10H2,1-3H3,(H,20,21)/t17-/m1/s1. The van der Waals surface area contributed by atoms with Crippen molar-refractivity contribution in [2.45, 2.75) is 37.6 Å². The molecule has 0 aliphatic heterocycles. The van der Waals surface area contributed by atoms with Crippen molar-refractivity contribution in [2.75, 3.05) is 12.4 Å². The zero-order valence-corrected chi connectivity index (χ0v) is 14.8. The van der Waals surface area contributed by atoms with Crippen molar-refractivity contribution in [1.29, 1.82) is 5.26 Å². The molecular formula is C17H21FN2O3S. The lowest BCUT2D eigenvalue weighted by Gasteiger charge is -2.27. The summed E-state index contributed by atoms with van der Waals surface area (Å²) in [5.74, 6) is -0.923. The monoisotopic (exact) mass is 352 g/mol. The van der Waals surface area contributed by atoms with Gasteiger partial charge in [-0.25, -0.2) is 4.39 Å². The predicted octanol–water partition coefficient (Wildman–Crippen LogP) is 2.91. The summed E-state index contributed by atoms with van der Waals surface area (Å²) in [7, 11) is 0. The lowest BCUT2D eigenvalue weighted by Crippen LogP contribution is -2.50. The molecule has 0 heterocycles. The molecule has 5 nitrogen and oxygen atoms in total. The minimum Gasteiger partial charge on any atom is -0.456 e. The Morgan fingerprint density at radius 3 is 2.54 bits per heavy atom. The van der Waals surface area contributed by atoms with Crippen LogP contribution in [0.4, 0.5) is 4.39 Å². The topological polar surface area (TPSA) is 79.2 Å². The van der Waals surface area contributed by atoms with Crippen LogP contribution in [0.25, 0.3) is 0 Å². The average molecular weight is 352 g/mol. The fourth-order valence-corrected chi connectivity index (χ4v) is 2.46. The van der Waals surface area contributed by atoms with Crippen LogP contribution >= 0.6 is 11.8 Å². The summed E-state index contributed by atoms with van der Waals surface area (Å²) in [6, 6.07) is 8.02. The van der Waals surface area contributed by atoms with E-state index < -0.39 is 24.0 Å². The van der Waals surface area contributed by atoms with Crippen LogP contribution < -0.4 is 5.32 Å². The number of thioether (sulfide) groups is 1. The summed E-state index contributed by atoms with van der Waals surface area (Å²) in [6.45, 7) is 4.85. The first-order valence-corrected chi connectivity index (χ1v) is 8.51. The molecule has 7 heteroatoms. The summed E-state index contributed by atoms with van der Waals surface area (Å²) in [5.41, 5.74) is -0.998. The molecule has 0 saturated heterocycles. The van der Waals surface area contributed by atoms with Gasteiger partial charge in [0.05, 0.1) is 12.5 Å². The number of halogens is 1. The molecule has 1 atom stereocenters. The molecule has 1 rings (SSSR count). The smallest absolute Gasteiger partial charge is 0.307 e. The number of nitriles is 1. The van der Waals surface area contributed by atoms with Crippen molar-refractivity contribution in [3.8, 4) is 6.07 Å². The number of nitrogens with zero attached hydrogens (tertiary/aromatic N) is 1. The van der Waals surface area contributed by atoms with E-state index in [0.29, 0.717) is 5.75 Å². The molecule has 0 saturated carbocycles. The van der Waals surface area contributed by atoms with Crippen molar-refractivity contribution in [3.05, 3.63) is 30.1 Å². The van der Waals surface area contributed by atoms with Gasteiger partial charge in [0, 0.05) is 10.6 Å². The van der Waals surface area contributed by atoms with Crippen molar-refractivity contribution >= 4 is 23.6 Å². The number of carbonyl (C=O) groups excluding carboxylic acids is 2. The maximum atomic E-state index is 12.8. The molecule has 24 heavy (non-hydrogen) atoms. The molecule has 0 bridgehead atoms. The van der Waals surface area contributed by atoms with Crippen molar-refractivity contribution in [3.63, 3.8) is 0 Å². The first-order valence-electron chi connectivity index (χ1n) is 7.53. The van der Waals surface area contributed by atoms with E-state index in [2.05, 4.69) is 11.4 Å². The van der Waals surface area contributed by atoms with Crippen molar-refractivity contribution < 1.29 is 18.7 Å². The Bertz CT molecular complexity index is 613. The van der Waals surface area contributed by atoms with E-state index in [1.165, 1.54) is 23.9 Å². The van der Waals surface area contributed by atoms with Crippen molar-refractivity contribution in [1.82, 2.24) is 5.32 Å². The highest BCUT2D eigenvalue weighted by atomic mass is 32.2. The first-order chi connectivity index (χ1) is 11.3. The third kappa shape index (κ3) is 6.59. The molecule has 0 aromatic heterocycles. The number of benzene rings is 1. The number of hydrogen-bond acceptors (Lipinski definition) is 5. The Morgan fingerprint density at radius 1 is 1.38 bits per heavy atom. The number of rotatable bonds is 8. The summed E-state index contributed by atoms with van der Waals surface area (Å²) in [4.78, 5) is 24.2. The third-order valence-electron chi connectivity index (χ3n) is 3.54. The van der Waals surface area contributed by atoms with Gasteiger partial charge in [0.25, 0.3) is 5.91 Å². The van der Waals surface area contributed by atoms with Crippen LogP contribution in [0, 0.1) is 23.1 Å². The fourth-order valence-electron chi connectivity index (χ4n) is 1.63. The van der Waals surface area contributed by atoms with Crippen LogP contribution in [0.5, 0.6) is 0 Å². The Labute approximate surface area is 145 Å². The Kier molecular flexibility index (Phi) is 7.72. The molecular weight excluding hydrogens is 331 g/mol. The first kappa shape index (κ1) is 20.0. The molecule has 0 aliphatic rings. The molecule has 1 aromatic carbocycles. The number of esters is 1.